The van der Waals surface area contributed by atoms with Gasteiger partial charge in [0.25, 0.3) is 11.6 Å². The Balaban J connectivity index is 1.62. The number of benzene rings is 3. The van der Waals surface area contributed by atoms with E-state index in [0.29, 0.717) is 10.2 Å². The van der Waals surface area contributed by atoms with Gasteiger partial charge in [0.2, 0.25) is 10.0 Å². The van der Waals surface area contributed by atoms with E-state index in [1.54, 1.807) is 18.2 Å². The predicted molar refractivity (Wildman–Crippen MR) is 155 cm³/mol. The van der Waals surface area contributed by atoms with Crippen LogP contribution in [-0.4, -0.2) is 47.4 Å². The summed E-state index contributed by atoms with van der Waals surface area (Å²) in [6, 6.07) is 14.1. The quantitative estimate of drug-likeness (QED) is 0.101. The zero-order valence-corrected chi connectivity index (χ0v) is 23.1. The van der Waals surface area contributed by atoms with Gasteiger partial charge in [-0.15, -0.1) is 13.2 Å². The number of nitrogens with one attached hydrogen (secondary N) is 1. The van der Waals surface area contributed by atoms with E-state index in [2.05, 4.69) is 23.5 Å². The summed E-state index contributed by atoms with van der Waals surface area (Å²) in [5.41, 5.74) is 0.0817. The number of halogens is 1. The van der Waals surface area contributed by atoms with Crippen LogP contribution in [0.4, 0.5) is 10.8 Å². The number of ketones is 1. The van der Waals surface area contributed by atoms with Gasteiger partial charge in [-0.3, -0.25) is 25.0 Å². The van der Waals surface area contributed by atoms with E-state index in [0.717, 1.165) is 17.4 Å². The molecule has 0 saturated carbocycles. The molecule has 0 unspecified atom stereocenters. The number of amides is 1. The molecule has 4 aromatic rings. The Labute approximate surface area is 238 Å². The molecule has 13 heteroatoms. The fourth-order valence-corrected chi connectivity index (χ4v) is 6.39. The van der Waals surface area contributed by atoms with Crippen LogP contribution in [0.25, 0.3) is 10.2 Å². The summed E-state index contributed by atoms with van der Waals surface area (Å²) < 4.78 is 27.9. The first kappa shape index (κ1) is 28.8. The van der Waals surface area contributed by atoms with Crippen molar-refractivity contribution in [1.82, 2.24) is 9.29 Å². The lowest BCUT2D eigenvalue weighted by Gasteiger charge is -2.18. The van der Waals surface area contributed by atoms with Crippen LogP contribution in [0.5, 0.6) is 0 Å². The fourth-order valence-electron chi connectivity index (χ4n) is 3.82. The van der Waals surface area contributed by atoms with Crippen molar-refractivity contribution in [2.24, 2.45) is 0 Å². The van der Waals surface area contributed by atoms with Crippen molar-refractivity contribution >= 4 is 65.7 Å². The third-order valence-electron chi connectivity index (χ3n) is 5.70. The van der Waals surface area contributed by atoms with Crippen LogP contribution in [0.3, 0.4) is 0 Å². The molecule has 3 aromatic carbocycles. The minimum atomic E-state index is -3.83. The molecule has 0 saturated heterocycles. The fraction of sp³-hybridized carbons (Fsp3) is 0.0741. The van der Waals surface area contributed by atoms with Gasteiger partial charge in [0.15, 0.2) is 10.9 Å². The molecule has 40 heavy (non-hydrogen) atoms. The van der Waals surface area contributed by atoms with Crippen molar-refractivity contribution < 1.29 is 22.9 Å². The van der Waals surface area contributed by atoms with E-state index in [-0.39, 0.29) is 44.8 Å². The number of nitro benzene ring substituents is 1. The largest absolute Gasteiger partial charge is 0.298 e. The second-order valence-corrected chi connectivity index (χ2v) is 11.7. The van der Waals surface area contributed by atoms with Crippen molar-refractivity contribution in [2.75, 3.05) is 18.4 Å². The molecule has 0 radical (unpaired) electrons. The van der Waals surface area contributed by atoms with Gasteiger partial charge < -0.3 is 0 Å². The molecular weight excluding hydrogens is 576 g/mol. The number of carbonyl (C=O) groups is 2. The molecule has 204 valence electrons. The van der Waals surface area contributed by atoms with Gasteiger partial charge >= 0.3 is 0 Å². The van der Waals surface area contributed by atoms with Crippen LogP contribution in [0, 0.1) is 10.1 Å². The SMILES string of the molecule is C=CCN(CC=C)S(=O)(=O)c1ccc2nc(NC(=O)c3ccccc3C(=O)c3ccc(Cl)c([N+](=O)[O-])c3)sc2c1. The first-order chi connectivity index (χ1) is 19.1. The highest BCUT2D eigenvalue weighted by molar-refractivity contribution is 7.89. The molecule has 10 nitrogen and oxygen atoms in total. The van der Waals surface area contributed by atoms with E-state index in [1.807, 2.05) is 0 Å². The second-order valence-electron chi connectivity index (χ2n) is 8.30. The summed E-state index contributed by atoms with van der Waals surface area (Å²) in [6.07, 6.45) is 2.97. The number of nitro groups is 1. The number of aromatic nitrogens is 1. The Morgan fingerprint density at radius 1 is 1.05 bits per heavy atom. The van der Waals surface area contributed by atoms with E-state index >= 15 is 0 Å². The average molecular weight is 597 g/mol. The van der Waals surface area contributed by atoms with Gasteiger partial charge in [-0.25, -0.2) is 13.4 Å². The Bertz CT molecular complexity index is 1770. The van der Waals surface area contributed by atoms with Crippen LogP contribution >= 0.6 is 22.9 Å². The number of rotatable bonds is 11. The summed E-state index contributed by atoms with van der Waals surface area (Å²) in [5.74, 6) is -1.24. The maximum Gasteiger partial charge on any atom is 0.288 e. The highest BCUT2D eigenvalue weighted by atomic mass is 35.5. The van der Waals surface area contributed by atoms with E-state index in [1.165, 1.54) is 52.9 Å². The van der Waals surface area contributed by atoms with E-state index in [9.17, 15) is 28.1 Å². The Morgan fingerprint density at radius 3 is 2.38 bits per heavy atom. The molecule has 0 fully saturated rings. The van der Waals surface area contributed by atoms with Gasteiger partial charge in [-0.05, 0) is 36.4 Å². The third-order valence-corrected chi connectivity index (χ3v) is 8.79. The minimum absolute atomic E-state index is 0.00738. The van der Waals surface area contributed by atoms with Crippen LogP contribution in [0.1, 0.15) is 26.3 Å². The third kappa shape index (κ3) is 5.84. The van der Waals surface area contributed by atoms with Crippen molar-refractivity contribution in [3.05, 3.63) is 118 Å². The van der Waals surface area contributed by atoms with Gasteiger partial charge in [-0.2, -0.15) is 4.31 Å². The number of thiazole rings is 1. The normalized spacial score (nSPS) is 11.3. The number of hydrogen-bond acceptors (Lipinski definition) is 8. The molecule has 1 aromatic heterocycles. The number of nitrogens with zero attached hydrogens (tertiary/aromatic N) is 3. The highest BCUT2D eigenvalue weighted by Crippen LogP contribution is 2.30. The van der Waals surface area contributed by atoms with E-state index < -0.39 is 32.3 Å². The molecule has 1 amide bonds. The molecule has 0 spiro atoms. The first-order valence-electron chi connectivity index (χ1n) is 11.6. The number of hydrogen-bond donors (Lipinski definition) is 1. The maximum absolute atomic E-state index is 13.2. The van der Waals surface area contributed by atoms with Gasteiger partial charge in [-0.1, -0.05) is 53.3 Å². The Hall–Kier alpha value is -4.23. The molecule has 0 atom stereocenters. The minimum Gasteiger partial charge on any atom is -0.298 e. The van der Waals surface area contributed by atoms with Gasteiger partial charge in [0, 0.05) is 30.3 Å². The Kier molecular flexibility index (Phi) is 8.55. The summed E-state index contributed by atoms with van der Waals surface area (Å²) in [7, 11) is -3.83. The first-order valence-corrected chi connectivity index (χ1v) is 14.2. The monoisotopic (exact) mass is 596 g/mol. The molecule has 0 aliphatic heterocycles. The van der Waals surface area contributed by atoms with Gasteiger partial charge in [0.1, 0.15) is 5.02 Å². The zero-order chi connectivity index (χ0) is 29.0. The summed E-state index contributed by atoms with van der Waals surface area (Å²) in [6.45, 7) is 7.42. The van der Waals surface area contributed by atoms with Gasteiger partial charge in [0.05, 0.1) is 25.6 Å². The van der Waals surface area contributed by atoms with Crippen LogP contribution in [-0.2, 0) is 10.0 Å². The van der Waals surface area contributed by atoms with E-state index in [4.69, 9.17) is 11.6 Å². The summed E-state index contributed by atoms with van der Waals surface area (Å²) in [5, 5.41) is 14.0. The van der Waals surface area contributed by atoms with Crippen LogP contribution in [0.15, 0.2) is 90.9 Å². The lowest BCUT2D eigenvalue weighted by molar-refractivity contribution is -0.384. The molecule has 0 bridgehead atoms. The molecule has 1 heterocycles. The van der Waals surface area contributed by atoms with Crippen molar-refractivity contribution in [1.29, 1.82) is 0 Å². The lowest BCUT2D eigenvalue weighted by atomic mass is 9.97. The van der Waals surface area contributed by atoms with Crippen LogP contribution < -0.4 is 5.32 Å². The Morgan fingerprint density at radius 2 is 1.73 bits per heavy atom. The second kappa shape index (κ2) is 11.9. The smallest absolute Gasteiger partial charge is 0.288 e. The predicted octanol–water partition coefficient (Wildman–Crippen LogP) is 5.70. The zero-order valence-electron chi connectivity index (χ0n) is 20.7. The average Bonchev–Trinajstić information content (AvgIpc) is 3.34. The molecule has 0 aliphatic carbocycles. The number of anilines is 1. The number of sulfonamides is 1. The lowest BCUT2D eigenvalue weighted by Crippen LogP contribution is -2.31. The summed E-state index contributed by atoms with van der Waals surface area (Å²) >= 11 is 6.92. The highest BCUT2D eigenvalue weighted by Gasteiger charge is 2.25. The molecule has 4 rings (SSSR count). The molecular formula is C27H21ClN4O6S2. The standard InChI is InChI=1S/C27H21ClN4O6S2/c1-3-13-31(14-4-2)40(37,38)18-10-12-22-24(16-18)39-27(29-22)30-26(34)20-8-6-5-7-19(20)25(33)17-9-11-21(28)23(15-17)32(35)36/h3-12,15-16H,1-2,13-14H2,(H,29,30,34). The molecule has 1 N–H and O–H groups in total. The number of fused-ring (bicyclic) bond motifs is 1. The summed E-state index contributed by atoms with van der Waals surface area (Å²) in [4.78, 5) is 41.4. The van der Waals surface area contributed by atoms with Crippen molar-refractivity contribution in [2.45, 2.75) is 4.90 Å². The van der Waals surface area contributed by atoms with Crippen molar-refractivity contribution in [3.63, 3.8) is 0 Å². The maximum atomic E-state index is 13.2. The number of carbonyl (C=O) groups excluding carboxylic acids is 2. The molecule has 0 aliphatic rings. The van der Waals surface area contributed by atoms with Crippen molar-refractivity contribution in [3.8, 4) is 0 Å². The topological polar surface area (TPSA) is 140 Å². The van der Waals surface area contributed by atoms with Crippen LogP contribution in [0.2, 0.25) is 5.02 Å².